The molecule has 0 saturated heterocycles. The van der Waals surface area contributed by atoms with Crippen LogP contribution in [0.25, 0.3) is 5.65 Å². The third-order valence-electron chi connectivity index (χ3n) is 3.41. The fraction of sp³-hybridized carbons (Fsp3) is 0.538. The topological polar surface area (TPSA) is 54.2 Å². The second kappa shape index (κ2) is 4.84. The molecule has 0 aliphatic heterocycles. The summed E-state index contributed by atoms with van der Waals surface area (Å²) in [4.78, 5) is 8.85. The van der Waals surface area contributed by atoms with Gasteiger partial charge in [0.15, 0.2) is 11.5 Å². The molecule has 18 heavy (non-hydrogen) atoms. The van der Waals surface area contributed by atoms with Crippen molar-refractivity contribution in [3.8, 4) is 0 Å². The van der Waals surface area contributed by atoms with E-state index in [1.54, 1.807) is 6.20 Å². The molecule has 1 aliphatic rings. The molecule has 1 saturated carbocycles. The monoisotopic (exact) mass is 245 g/mol. The fourth-order valence-corrected chi connectivity index (χ4v) is 2.17. The van der Waals surface area contributed by atoms with Gasteiger partial charge in [-0.15, -0.1) is 0 Å². The third-order valence-corrected chi connectivity index (χ3v) is 3.41. The first-order chi connectivity index (χ1) is 8.86. The Bertz CT molecular complexity index is 529. The summed E-state index contributed by atoms with van der Waals surface area (Å²) in [6, 6.07) is 0. The maximum absolute atomic E-state index is 4.52. The van der Waals surface area contributed by atoms with Crippen molar-refractivity contribution in [1.82, 2.24) is 14.4 Å². The number of aromatic nitrogens is 3. The predicted molar refractivity (Wildman–Crippen MR) is 73.0 cm³/mol. The number of anilines is 2. The average molecular weight is 245 g/mol. The van der Waals surface area contributed by atoms with Crippen LogP contribution in [0.5, 0.6) is 0 Å². The van der Waals surface area contributed by atoms with Gasteiger partial charge >= 0.3 is 0 Å². The van der Waals surface area contributed by atoms with Crippen molar-refractivity contribution in [3.05, 3.63) is 18.6 Å². The summed E-state index contributed by atoms with van der Waals surface area (Å²) in [6.07, 6.45) is 11.1. The van der Waals surface area contributed by atoms with E-state index in [2.05, 4.69) is 20.6 Å². The van der Waals surface area contributed by atoms with Crippen LogP contribution in [-0.2, 0) is 0 Å². The lowest BCUT2D eigenvalue weighted by atomic mass is 10.2. The predicted octanol–water partition coefficient (Wildman–Crippen LogP) is 2.37. The highest BCUT2D eigenvalue weighted by molar-refractivity contribution is 5.65. The van der Waals surface area contributed by atoms with Crippen LogP contribution in [0.3, 0.4) is 0 Å². The molecule has 0 aromatic carbocycles. The largest absolute Gasteiger partial charge is 0.372 e. The van der Waals surface area contributed by atoms with Gasteiger partial charge in [-0.25, -0.2) is 9.97 Å². The van der Waals surface area contributed by atoms with E-state index in [0.717, 1.165) is 29.7 Å². The average Bonchev–Trinajstić information content (AvgIpc) is 3.09. The Morgan fingerprint density at radius 2 is 2.33 bits per heavy atom. The quantitative estimate of drug-likeness (QED) is 0.767. The van der Waals surface area contributed by atoms with Gasteiger partial charge in [0.1, 0.15) is 5.82 Å². The molecule has 0 unspecified atom stereocenters. The summed E-state index contributed by atoms with van der Waals surface area (Å²) in [5.41, 5.74) is 0.889. The second-order valence-electron chi connectivity index (χ2n) is 4.90. The summed E-state index contributed by atoms with van der Waals surface area (Å²) in [7, 11) is 1.88. The molecule has 2 N–H and O–H groups in total. The third kappa shape index (κ3) is 2.39. The number of nitrogens with one attached hydrogen (secondary N) is 2. The van der Waals surface area contributed by atoms with Crippen molar-refractivity contribution in [2.75, 3.05) is 24.2 Å². The molecule has 96 valence electrons. The molecule has 0 amide bonds. The van der Waals surface area contributed by atoms with E-state index in [0.29, 0.717) is 0 Å². The molecule has 2 aromatic rings. The normalized spacial score (nSPS) is 14.9. The Kier molecular flexibility index (Phi) is 3.04. The van der Waals surface area contributed by atoms with Gasteiger partial charge < -0.3 is 15.0 Å². The van der Waals surface area contributed by atoms with Gasteiger partial charge in [0.25, 0.3) is 0 Å². The SMILES string of the molecule is CNc1cn2ccnc2c(NCCCC2CC2)n1. The van der Waals surface area contributed by atoms with Crippen LogP contribution in [0.15, 0.2) is 18.6 Å². The Balaban J connectivity index is 1.70. The van der Waals surface area contributed by atoms with Crippen LogP contribution >= 0.6 is 0 Å². The minimum Gasteiger partial charge on any atom is -0.372 e. The van der Waals surface area contributed by atoms with Crippen molar-refractivity contribution in [2.24, 2.45) is 5.92 Å². The molecule has 5 nitrogen and oxygen atoms in total. The highest BCUT2D eigenvalue weighted by Gasteiger charge is 2.20. The lowest BCUT2D eigenvalue weighted by Crippen LogP contribution is -2.07. The van der Waals surface area contributed by atoms with E-state index >= 15 is 0 Å². The lowest BCUT2D eigenvalue weighted by Gasteiger charge is -2.09. The van der Waals surface area contributed by atoms with Crippen LogP contribution in [0.4, 0.5) is 11.6 Å². The maximum Gasteiger partial charge on any atom is 0.180 e. The minimum atomic E-state index is 0.852. The van der Waals surface area contributed by atoms with Crippen LogP contribution in [0.1, 0.15) is 25.7 Å². The van der Waals surface area contributed by atoms with Crippen molar-refractivity contribution in [3.63, 3.8) is 0 Å². The van der Waals surface area contributed by atoms with E-state index in [9.17, 15) is 0 Å². The highest BCUT2D eigenvalue weighted by atomic mass is 15.1. The number of rotatable bonds is 6. The number of nitrogens with zero attached hydrogens (tertiary/aromatic N) is 3. The Morgan fingerprint density at radius 3 is 3.11 bits per heavy atom. The van der Waals surface area contributed by atoms with E-state index in [-0.39, 0.29) is 0 Å². The number of fused-ring (bicyclic) bond motifs is 1. The molecule has 0 atom stereocenters. The molecule has 2 aromatic heterocycles. The first-order valence-corrected chi connectivity index (χ1v) is 6.62. The molecular weight excluding hydrogens is 226 g/mol. The van der Waals surface area contributed by atoms with Crippen LogP contribution < -0.4 is 10.6 Å². The molecule has 0 spiro atoms. The van der Waals surface area contributed by atoms with E-state index in [1.165, 1.54) is 25.7 Å². The zero-order chi connectivity index (χ0) is 12.4. The van der Waals surface area contributed by atoms with Gasteiger partial charge in [-0.05, 0) is 18.8 Å². The summed E-state index contributed by atoms with van der Waals surface area (Å²) >= 11 is 0. The summed E-state index contributed by atoms with van der Waals surface area (Å²) in [6.45, 7) is 0.971. The Morgan fingerprint density at radius 1 is 1.44 bits per heavy atom. The fourth-order valence-electron chi connectivity index (χ4n) is 2.17. The molecule has 0 radical (unpaired) electrons. The Labute approximate surface area is 107 Å². The van der Waals surface area contributed by atoms with Crippen molar-refractivity contribution >= 4 is 17.3 Å². The summed E-state index contributed by atoms with van der Waals surface area (Å²) in [5.74, 6) is 2.71. The smallest absolute Gasteiger partial charge is 0.180 e. The number of hydrogen-bond acceptors (Lipinski definition) is 4. The van der Waals surface area contributed by atoms with Crippen molar-refractivity contribution in [2.45, 2.75) is 25.7 Å². The van der Waals surface area contributed by atoms with Crippen LogP contribution in [0, 0.1) is 5.92 Å². The summed E-state index contributed by atoms with van der Waals surface area (Å²) < 4.78 is 1.99. The molecule has 3 rings (SSSR count). The summed E-state index contributed by atoms with van der Waals surface area (Å²) in [5, 5.41) is 6.47. The molecule has 5 heteroatoms. The van der Waals surface area contributed by atoms with Gasteiger partial charge in [-0.3, -0.25) is 0 Å². The van der Waals surface area contributed by atoms with E-state index in [4.69, 9.17) is 0 Å². The van der Waals surface area contributed by atoms with Gasteiger partial charge in [0.2, 0.25) is 0 Å². The zero-order valence-corrected chi connectivity index (χ0v) is 10.7. The standard InChI is InChI=1S/C13H19N5/c1-14-11-9-18-8-7-16-13(18)12(17-11)15-6-2-3-10-4-5-10/h7-10,14H,2-6H2,1H3,(H,15,17). The lowest BCUT2D eigenvalue weighted by molar-refractivity contribution is 0.686. The Hall–Kier alpha value is -1.78. The van der Waals surface area contributed by atoms with E-state index in [1.807, 2.05) is 23.8 Å². The molecular formula is C13H19N5. The molecule has 1 fully saturated rings. The van der Waals surface area contributed by atoms with Crippen molar-refractivity contribution in [1.29, 1.82) is 0 Å². The van der Waals surface area contributed by atoms with Gasteiger partial charge in [-0.1, -0.05) is 12.8 Å². The minimum absolute atomic E-state index is 0.852. The second-order valence-corrected chi connectivity index (χ2v) is 4.90. The first kappa shape index (κ1) is 11.3. The maximum atomic E-state index is 4.52. The van der Waals surface area contributed by atoms with Crippen LogP contribution in [0.2, 0.25) is 0 Å². The van der Waals surface area contributed by atoms with Crippen molar-refractivity contribution < 1.29 is 0 Å². The van der Waals surface area contributed by atoms with Gasteiger partial charge in [0.05, 0.1) is 6.20 Å². The van der Waals surface area contributed by atoms with Gasteiger partial charge in [0, 0.05) is 26.0 Å². The molecule has 0 bridgehead atoms. The van der Waals surface area contributed by atoms with Crippen LogP contribution in [-0.4, -0.2) is 28.0 Å². The number of hydrogen-bond donors (Lipinski definition) is 2. The highest BCUT2D eigenvalue weighted by Crippen LogP contribution is 2.33. The van der Waals surface area contributed by atoms with E-state index < -0.39 is 0 Å². The number of imidazole rings is 1. The van der Waals surface area contributed by atoms with Gasteiger partial charge in [-0.2, -0.15) is 0 Å². The first-order valence-electron chi connectivity index (χ1n) is 6.62. The zero-order valence-electron chi connectivity index (χ0n) is 10.7. The molecule has 1 aliphatic carbocycles. The molecule has 2 heterocycles.